The SMILES string of the molecule is CC#CCOc1cnn(CC)c1. The molecule has 0 saturated carbocycles. The molecule has 0 unspecified atom stereocenters. The third kappa shape index (κ3) is 2.31. The van der Waals surface area contributed by atoms with Crippen LogP contribution in [0.3, 0.4) is 0 Å². The van der Waals surface area contributed by atoms with Crippen LogP contribution in [0, 0.1) is 11.8 Å². The molecule has 0 spiro atoms. The maximum atomic E-state index is 5.27. The molecule has 0 aromatic carbocycles. The highest BCUT2D eigenvalue weighted by Gasteiger charge is 1.94. The Morgan fingerprint density at radius 2 is 2.50 bits per heavy atom. The molecule has 64 valence electrons. The summed E-state index contributed by atoms with van der Waals surface area (Å²) in [6.07, 6.45) is 3.55. The molecule has 0 radical (unpaired) electrons. The van der Waals surface area contributed by atoms with Gasteiger partial charge in [-0.15, -0.1) is 5.92 Å². The van der Waals surface area contributed by atoms with Crippen LogP contribution in [-0.2, 0) is 6.54 Å². The Morgan fingerprint density at radius 1 is 1.67 bits per heavy atom. The molecule has 0 bridgehead atoms. The van der Waals surface area contributed by atoms with Crippen LogP contribution in [0.2, 0.25) is 0 Å². The van der Waals surface area contributed by atoms with Crippen molar-refractivity contribution in [3.8, 4) is 17.6 Å². The van der Waals surface area contributed by atoms with Crippen LogP contribution in [-0.4, -0.2) is 16.4 Å². The molecule has 0 atom stereocenters. The molecule has 0 N–H and O–H groups in total. The zero-order valence-corrected chi connectivity index (χ0v) is 7.37. The first-order chi connectivity index (χ1) is 5.86. The van der Waals surface area contributed by atoms with E-state index in [0.717, 1.165) is 12.3 Å². The van der Waals surface area contributed by atoms with Gasteiger partial charge in [-0.2, -0.15) is 5.10 Å². The number of ether oxygens (including phenoxy) is 1. The molecular weight excluding hydrogens is 152 g/mol. The Hall–Kier alpha value is -1.43. The maximum Gasteiger partial charge on any atom is 0.158 e. The molecule has 0 aliphatic rings. The summed E-state index contributed by atoms with van der Waals surface area (Å²) >= 11 is 0. The number of hydrogen-bond donors (Lipinski definition) is 0. The minimum absolute atomic E-state index is 0.436. The zero-order chi connectivity index (χ0) is 8.81. The van der Waals surface area contributed by atoms with Crippen molar-refractivity contribution < 1.29 is 4.74 Å². The Bertz CT molecular complexity index is 293. The molecular formula is C9H12N2O. The standard InChI is InChI=1S/C9H12N2O/c1-3-5-6-12-9-7-10-11(4-2)8-9/h7-8H,4,6H2,1-2H3. The van der Waals surface area contributed by atoms with Crippen molar-refractivity contribution in [3.63, 3.8) is 0 Å². The van der Waals surface area contributed by atoms with Crippen LogP contribution < -0.4 is 4.74 Å². The lowest BCUT2D eigenvalue weighted by Crippen LogP contribution is -1.93. The molecule has 1 aromatic heterocycles. The second-order valence-electron chi connectivity index (χ2n) is 2.25. The van der Waals surface area contributed by atoms with Crippen molar-refractivity contribution in [2.45, 2.75) is 20.4 Å². The predicted octanol–water partition coefficient (Wildman–Crippen LogP) is 1.31. The Kier molecular flexibility index (Phi) is 3.21. The van der Waals surface area contributed by atoms with Gasteiger partial charge in [0.15, 0.2) is 5.75 Å². The van der Waals surface area contributed by atoms with Gasteiger partial charge in [-0.3, -0.25) is 4.68 Å². The Labute approximate surface area is 72.3 Å². The third-order valence-corrected chi connectivity index (χ3v) is 1.42. The minimum atomic E-state index is 0.436. The number of rotatable bonds is 3. The summed E-state index contributed by atoms with van der Waals surface area (Å²) in [5.41, 5.74) is 0. The monoisotopic (exact) mass is 164 g/mol. The maximum absolute atomic E-state index is 5.27. The van der Waals surface area contributed by atoms with E-state index in [0.29, 0.717) is 6.61 Å². The Balaban J connectivity index is 2.45. The van der Waals surface area contributed by atoms with Crippen LogP contribution in [0.25, 0.3) is 0 Å². The van der Waals surface area contributed by atoms with Crippen molar-refractivity contribution in [2.75, 3.05) is 6.61 Å². The van der Waals surface area contributed by atoms with Crippen LogP contribution in [0.5, 0.6) is 5.75 Å². The first kappa shape index (κ1) is 8.66. The zero-order valence-electron chi connectivity index (χ0n) is 7.37. The van der Waals surface area contributed by atoms with Crippen molar-refractivity contribution in [1.82, 2.24) is 9.78 Å². The quantitative estimate of drug-likeness (QED) is 0.630. The minimum Gasteiger partial charge on any atom is -0.478 e. The van der Waals surface area contributed by atoms with E-state index in [1.807, 2.05) is 17.8 Å². The topological polar surface area (TPSA) is 27.1 Å². The average molecular weight is 164 g/mol. The van der Waals surface area contributed by atoms with E-state index in [-0.39, 0.29) is 0 Å². The van der Waals surface area contributed by atoms with E-state index in [4.69, 9.17) is 4.74 Å². The second kappa shape index (κ2) is 4.45. The van der Waals surface area contributed by atoms with Gasteiger partial charge in [-0.1, -0.05) is 5.92 Å². The highest BCUT2D eigenvalue weighted by molar-refractivity contribution is 5.13. The summed E-state index contributed by atoms with van der Waals surface area (Å²) in [5, 5.41) is 4.06. The lowest BCUT2D eigenvalue weighted by molar-refractivity contribution is 0.369. The van der Waals surface area contributed by atoms with Gasteiger partial charge in [0.2, 0.25) is 0 Å². The fraction of sp³-hybridized carbons (Fsp3) is 0.444. The van der Waals surface area contributed by atoms with Crippen LogP contribution in [0.15, 0.2) is 12.4 Å². The van der Waals surface area contributed by atoms with Crippen LogP contribution >= 0.6 is 0 Å². The summed E-state index contributed by atoms with van der Waals surface area (Å²) < 4.78 is 7.09. The summed E-state index contributed by atoms with van der Waals surface area (Å²) in [5.74, 6) is 6.35. The summed E-state index contributed by atoms with van der Waals surface area (Å²) in [6, 6.07) is 0. The molecule has 0 saturated heterocycles. The second-order valence-corrected chi connectivity index (χ2v) is 2.25. The largest absolute Gasteiger partial charge is 0.478 e. The van der Waals surface area contributed by atoms with Crippen molar-refractivity contribution in [3.05, 3.63) is 12.4 Å². The number of aryl methyl sites for hydroxylation is 1. The average Bonchev–Trinajstić information content (AvgIpc) is 2.53. The number of hydrogen-bond acceptors (Lipinski definition) is 2. The first-order valence-corrected chi connectivity index (χ1v) is 3.91. The third-order valence-electron chi connectivity index (χ3n) is 1.42. The van der Waals surface area contributed by atoms with Gasteiger partial charge in [-0.05, 0) is 13.8 Å². The smallest absolute Gasteiger partial charge is 0.158 e. The highest BCUT2D eigenvalue weighted by Crippen LogP contribution is 2.06. The number of nitrogens with zero attached hydrogens (tertiary/aromatic N) is 2. The highest BCUT2D eigenvalue weighted by atomic mass is 16.5. The number of aromatic nitrogens is 2. The van der Waals surface area contributed by atoms with Crippen molar-refractivity contribution in [2.24, 2.45) is 0 Å². The molecule has 0 aliphatic heterocycles. The summed E-state index contributed by atoms with van der Waals surface area (Å²) in [4.78, 5) is 0. The molecule has 0 aliphatic carbocycles. The predicted molar refractivity (Wildman–Crippen MR) is 46.8 cm³/mol. The van der Waals surface area contributed by atoms with Gasteiger partial charge >= 0.3 is 0 Å². The van der Waals surface area contributed by atoms with Crippen molar-refractivity contribution in [1.29, 1.82) is 0 Å². The van der Waals surface area contributed by atoms with E-state index in [2.05, 4.69) is 16.9 Å². The van der Waals surface area contributed by atoms with E-state index in [1.54, 1.807) is 13.1 Å². The van der Waals surface area contributed by atoms with Crippen LogP contribution in [0.4, 0.5) is 0 Å². The normalized spacial score (nSPS) is 8.83. The van der Waals surface area contributed by atoms with Gasteiger partial charge in [0, 0.05) is 6.54 Å². The molecule has 3 nitrogen and oxygen atoms in total. The van der Waals surface area contributed by atoms with Crippen LogP contribution in [0.1, 0.15) is 13.8 Å². The molecule has 0 fully saturated rings. The molecule has 3 heteroatoms. The molecule has 1 rings (SSSR count). The Morgan fingerprint density at radius 3 is 3.08 bits per heavy atom. The molecule has 0 amide bonds. The summed E-state index contributed by atoms with van der Waals surface area (Å²) in [7, 11) is 0. The van der Waals surface area contributed by atoms with Gasteiger partial charge in [0.1, 0.15) is 6.61 Å². The van der Waals surface area contributed by atoms with E-state index >= 15 is 0 Å². The molecule has 12 heavy (non-hydrogen) atoms. The van der Waals surface area contributed by atoms with Gasteiger partial charge < -0.3 is 4.74 Å². The van der Waals surface area contributed by atoms with Crippen molar-refractivity contribution >= 4 is 0 Å². The lowest BCUT2D eigenvalue weighted by Gasteiger charge is -1.94. The van der Waals surface area contributed by atoms with Gasteiger partial charge in [0.25, 0.3) is 0 Å². The van der Waals surface area contributed by atoms with E-state index in [9.17, 15) is 0 Å². The summed E-state index contributed by atoms with van der Waals surface area (Å²) in [6.45, 7) is 5.12. The van der Waals surface area contributed by atoms with E-state index in [1.165, 1.54) is 0 Å². The lowest BCUT2D eigenvalue weighted by atomic mass is 10.6. The van der Waals surface area contributed by atoms with Gasteiger partial charge in [-0.25, -0.2) is 0 Å². The first-order valence-electron chi connectivity index (χ1n) is 3.91. The molecule has 1 heterocycles. The fourth-order valence-electron chi connectivity index (χ4n) is 0.784. The van der Waals surface area contributed by atoms with Gasteiger partial charge in [0.05, 0.1) is 12.4 Å². The van der Waals surface area contributed by atoms with E-state index < -0.39 is 0 Å². The fourth-order valence-corrected chi connectivity index (χ4v) is 0.784. The molecule has 1 aromatic rings.